The molecule has 2 rings (SSSR count). The van der Waals surface area contributed by atoms with E-state index in [1.165, 1.54) is 32.1 Å². The lowest BCUT2D eigenvalue weighted by molar-refractivity contribution is 0.269. The van der Waals surface area contributed by atoms with E-state index in [2.05, 4.69) is 22.5 Å². The minimum Gasteiger partial charge on any atom is -0.356 e. The first-order chi connectivity index (χ1) is 7.38. The summed E-state index contributed by atoms with van der Waals surface area (Å²) in [7, 11) is 0. The van der Waals surface area contributed by atoms with E-state index >= 15 is 0 Å². The molecule has 2 aliphatic rings. The number of nitrogens with zero attached hydrogens (tertiary/aromatic N) is 1. The topological polar surface area (TPSA) is 36.4 Å². The van der Waals surface area contributed by atoms with E-state index < -0.39 is 0 Å². The van der Waals surface area contributed by atoms with Crippen molar-refractivity contribution in [3.8, 4) is 0 Å². The molecule has 0 aromatic heterocycles. The second kappa shape index (κ2) is 5.38. The molecule has 2 N–H and O–H groups in total. The van der Waals surface area contributed by atoms with E-state index in [0.717, 1.165) is 37.4 Å². The van der Waals surface area contributed by atoms with Crippen LogP contribution >= 0.6 is 0 Å². The molecule has 86 valence electrons. The Labute approximate surface area is 92.7 Å². The van der Waals surface area contributed by atoms with Gasteiger partial charge in [0, 0.05) is 13.1 Å². The second-order valence-electron chi connectivity index (χ2n) is 4.83. The third kappa shape index (κ3) is 3.11. The molecule has 0 spiro atoms. The molecule has 0 aromatic carbocycles. The number of nitrogens with one attached hydrogen (secondary N) is 2. The monoisotopic (exact) mass is 209 g/mol. The third-order valence-electron chi connectivity index (χ3n) is 3.78. The summed E-state index contributed by atoms with van der Waals surface area (Å²) in [6, 6.07) is 0. The van der Waals surface area contributed by atoms with E-state index in [-0.39, 0.29) is 0 Å². The number of guanidine groups is 1. The highest BCUT2D eigenvalue weighted by Crippen LogP contribution is 2.29. The molecule has 0 radical (unpaired) electrons. The van der Waals surface area contributed by atoms with E-state index in [4.69, 9.17) is 0 Å². The molecule has 0 atom stereocenters. The lowest BCUT2D eigenvalue weighted by atomic mass is 9.81. The van der Waals surface area contributed by atoms with Gasteiger partial charge >= 0.3 is 0 Å². The molecule has 3 nitrogen and oxygen atoms in total. The average molecular weight is 209 g/mol. The Kier molecular flexibility index (Phi) is 3.87. The number of aliphatic imine (C=N–C) groups is 1. The van der Waals surface area contributed by atoms with Gasteiger partial charge in [-0.05, 0) is 24.7 Å². The van der Waals surface area contributed by atoms with Gasteiger partial charge in [0.15, 0.2) is 5.96 Å². The van der Waals surface area contributed by atoms with Gasteiger partial charge in [-0.15, -0.1) is 0 Å². The number of hydrogen-bond donors (Lipinski definition) is 2. The molecule has 1 aliphatic heterocycles. The SMILES string of the molecule is CCC1CCC(CNC2=NCCN2)CC1. The van der Waals surface area contributed by atoms with E-state index in [9.17, 15) is 0 Å². The van der Waals surface area contributed by atoms with Gasteiger partial charge < -0.3 is 10.6 Å². The van der Waals surface area contributed by atoms with Gasteiger partial charge in [0.05, 0.1) is 6.54 Å². The van der Waals surface area contributed by atoms with Gasteiger partial charge in [-0.2, -0.15) is 0 Å². The Hall–Kier alpha value is -0.730. The van der Waals surface area contributed by atoms with Crippen LogP contribution in [0.15, 0.2) is 4.99 Å². The lowest BCUT2D eigenvalue weighted by Crippen LogP contribution is -2.37. The Morgan fingerprint density at radius 2 is 2.00 bits per heavy atom. The summed E-state index contributed by atoms with van der Waals surface area (Å²) in [5.41, 5.74) is 0. The van der Waals surface area contributed by atoms with Crippen LogP contribution in [0.2, 0.25) is 0 Å². The van der Waals surface area contributed by atoms with Gasteiger partial charge in [0.2, 0.25) is 0 Å². The largest absolute Gasteiger partial charge is 0.356 e. The highest BCUT2D eigenvalue weighted by atomic mass is 15.2. The molecule has 1 fully saturated rings. The molecular formula is C12H23N3. The predicted molar refractivity (Wildman–Crippen MR) is 64.0 cm³/mol. The maximum Gasteiger partial charge on any atom is 0.191 e. The minimum atomic E-state index is 0.873. The summed E-state index contributed by atoms with van der Waals surface area (Å²) in [4.78, 5) is 4.35. The standard InChI is InChI=1S/C12H23N3/c1-2-10-3-5-11(6-4-10)9-15-12-13-7-8-14-12/h10-11H,2-9H2,1H3,(H2,13,14,15). The lowest BCUT2D eigenvalue weighted by Gasteiger charge is -2.28. The first-order valence-corrected chi connectivity index (χ1v) is 6.40. The molecule has 0 aromatic rings. The van der Waals surface area contributed by atoms with Crippen LogP contribution in [0.25, 0.3) is 0 Å². The van der Waals surface area contributed by atoms with Crippen molar-refractivity contribution in [2.24, 2.45) is 16.8 Å². The van der Waals surface area contributed by atoms with Gasteiger partial charge in [-0.1, -0.05) is 26.2 Å². The molecule has 0 saturated heterocycles. The molecule has 1 heterocycles. The van der Waals surface area contributed by atoms with E-state index in [1.54, 1.807) is 0 Å². The number of rotatable bonds is 3. The highest BCUT2D eigenvalue weighted by molar-refractivity contribution is 5.81. The summed E-state index contributed by atoms with van der Waals surface area (Å²) in [5.74, 6) is 2.90. The second-order valence-corrected chi connectivity index (χ2v) is 4.83. The molecular weight excluding hydrogens is 186 g/mol. The fourth-order valence-electron chi connectivity index (χ4n) is 2.60. The maximum absolute atomic E-state index is 4.35. The summed E-state index contributed by atoms with van der Waals surface area (Å²) in [6.45, 7) is 5.37. The van der Waals surface area contributed by atoms with Crippen LogP contribution in [0, 0.1) is 11.8 Å². The normalized spacial score (nSPS) is 30.9. The first kappa shape index (κ1) is 10.8. The predicted octanol–water partition coefficient (Wildman–Crippen LogP) is 1.75. The van der Waals surface area contributed by atoms with Crippen molar-refractivity contribution < 1.29 is 0 Å². The third-order valence-corrected chi connectivity index (χ3v) is 3.78. The van der Waals surface area contributed by atoms with E-state index in [0.29, 0.717) is 0 Å². The summed E-state index contributed by atoms with van der Waals surface area (Å²) in [5, 5.41) is 6.68. The average Bonchev–Trinajstić information content (AvgIpc) is 2.80. The van der Waals surface area contributed by atoms with Gasteiger partial charge in [0.1, 0.15) is 0 Å². The van der Waals surface area contributed by atoms with Gasteiger partial charge in [-0.3, -0.25) is 4.99 Å². The van der Waals surface area contributed by atoms with Crippen molar-refractivity contribution in [1.82, 2.24) is 10.6 Å². The minimum absolute atomic E-state index is 0.873. The van der Waals surface area contributed by atoms with Crippen molar-refractivity contribution in [2.45, 2.75) is 39.0 Å². The van der Waals surface area contributed by atoms with Crippen LogP contribution in [0.4, 0.5) is 0 Å². The van der Waals surface area contributed by atoms with Gasteiger partial charge in [0.25, 0.3) is 0 Å². The fraction of sp³-hybridized carbons (Fsp3) is 0.917. The Balaban J connectivity index is 1.64. The zero-order valence-electron chi connectivity index (χ0n) is 9.76. The molecule has 3 heteroatoms. The molecule has 0 bridgehead atoms. The molecule has 15 heavy (non-hydrogen) atoms. The zero-order valence-corrected chi connectivity index (χ0v) is 9.76. The van der Waals surface area contributed by atoms with Crippen LogP contribution in [0.5, 0.6) is 0 Å². The van der Waals surface area contributed by atoms with Crippen molar-refractivity contribution in [3.63, 3.8) is 0 Å². The quantitative estimate of drug-likeness (QED) is 0.743. The highest BCUT2D eigenvalue weighted by Gasteiger charge is 2.20. The Morgan fingerprint density at radius 3 is 2.60 bits per heavy atom. The van der Waals surface area contributed by atoms with Crippen molar-refractivity contribution in [2.75, 3.05) is 19.6 Å². The van der Waals surface area contributed by atoms with Crippen molar-refractivity contribution in [3.05, 3.63) is 0 Å². The van der Waals surface area contributed by atoms with Crippen LogP contribution in [0.1, 0.15) is 39.0 Å². The first-order valence-electron chi connectivity index (χ1n) is 6.40. The van der Waals surface area contributed by atoms with Crippen LogP contribution in [-0.4, -0.2) is 25.6 Å². The molecule has 0 amide bonds. The van der Waals surface area contributed by atoms with Gasteiger partial charge in [-0.25, -0.2) is 0 Å². The maximum atomic E-state index is 4.35. The van der Waals surface area contributed by atoms with Crippen molar-refractivity contribution >= 4 is 5.96 Å². The fourth-order valence-corrected chi connectivity index (χ4v) is 2.60. The summed E-state index contributed by atoms with van der Waals surface area (Å²) in [6.07, 6.45) is 7.04. The smallest absolute Gasteiger partial charge is 0.191 e. The van der Waals surface area contributed by atoms with Crippen LogP contribution in [0.3, 0.4) is 0 Å². The Bertz CT molecular complexity index is 217. The van der Waals surface area contributed by atoms with Crippen LogP contribution in [-0.2, 0) is 0 Å². The molecule has 1 aliphatic carbocycles. The number of hydrogen-bond acceptors (Lipinski definition) is 3. The van der Waals surface area contributed by atoms with E-state index in [1.807, 2.05) is 0 Å². The molecule has 1 saturated carbocycles. The summed E-state index contributed by atoms with van der Waals surface area (Å²) < 4.78 is 0. The zero-order chi connectivity index (χ0) is 10.5. The van der Waals surface area contributed by atoms with Crippen molar-refractivity contribution in [1.29, 1.82) is 0 Å². The Morgan fingerprint density at radius 1 is 1.27 bits per heavy atom. The van der Waals surface area contributed by atoms with Crippen LogP contribution < -0.4 is 10.6 Å². The summed E-state index contributed by atoms with van der Waals surface area (Å²) >= 11 is 0. The molecule has 0 unspecified atom stereocenters.